The summed E-state index contributed by atoms with van der Waals surface area (Å²) in [4.78, 5) is 11.8. The fraction of sp³-hybridized carbons (Fsp3) is 0.933. The second kappa shape index (κ2) is 6.55. The quantitative estimate of drug-likeness (QED) is 0.731. The molecule has 104 valence electrons. The van der Waals surface area contributed by atoms with Gasteiger partial charge in [-0.25, -0.2) is 0 Å². The maximum absolute atomic E-state index is 11.8. The standard InChI is InChI=1S/C15H28N2O/c1-2-7-15(8-9-15)12-17-14(18)4-3-13-5-10-16-11-6-13/h13,16H,2-12H2,1H3,(H,17,18). The Balaban J connectivity index is 1.57. The predicted molar refractivity (Wildman–Crippen MR) is 74.4 cm³/mol. The number of nitrogens with one attached hydrogen (secondary N) is 2. The smallest absolute Gasteiger partial charge is 0.220 e. The lowest BCUT2D eigenvalue weighted by Crippen LogP contribution is -2.32. The summed E-state index contributed by atoms with van der Waals surface area (Å²) in [6.45, 7) is 5.42. The third-order valence-corrected chi connectivity index (χ3v) is 4.64. The molecule has 1 heterocycles. The molecule has 0 aromatic carbocycles. The first-order chi connectivity index (χ1) is 8.74. The molecule has 0 bridgehead atoms. The summed E-state index contributed by atoms with van der Waals surface area (Å²) in [6.07, 6.45) is 9.44. The van der Waals surface area contributed by atoms with Crippen LogP contribution in [0.2, 0.25) is 0 Å². The molecule has 0 unspecified atom stereocenters. The zero-order chi connectivity index (χ0) is 12.8. The molecule has 2 aliphatic rings. The fourth-order valence-electron chi connectivity index (χ4n) is 3.10. The number of rotatable bonds is 7. The number of hydrogen-bond acceptors (Lipinski definition) is 2. The molecule has 1 aliphatic heterocycles. The Hall–Kier alpha value is -0.570. The highest BCUT2D eigenvalue weighted by Gasteiger charge is 2.41. The second-order valence-electron chi connectivity index (χ2n) is 6.26. The monoisotopic (exact) mass is 252 g/mol. The molecule has 0 radical (unpaired) electrons. The van der Waals surface area contributed by atoms with Crippen molar-refractivity contribution in [1.82, 2.24) is 10.6 Å². The van der Waals surface area contributed by atoms with Gasteiger partial charge in [-0.3, -0.25) is 4.79 Å². The molecule has 0 spiro atoms. The van der Waals surface area contributed by atoms with Crippen LogP contribution in [0, 0.1) is 11.3 Å². The lowest BCUT2D eigenvalue weighted by molar-refractivity contribution is -0.121. The Morgan fingerprint density at radius 3 is 2.67 bits per heavy atom. The van der Waals surface area contributed by atoms with Gasteiger partial charge < -0.3 is 10.6 Å². The van der Waals surface area contributed by atoms with E-state index in [1.807, 2.05) is 0 Å². The van der Waals surface area contributed by atoms with Crippen molar-refractivity contribution >= 4 is 5.91 Å². The van der Waals surface area contributed by atoms with E-state index in [9.17, 15) is 4.79 Å². The Labute approximate surface area is 111 Å². The molecule has 3 nitrogen and oxygen atoms in total. The number of piperidine rings is 1. The molecule has 0 aromatic heterocycles. The van der Waals surface area contributed by atoms with Crippen LogP contribution in [-0.2, 0) is 4.79 Å². The van der Waals surface area contributed by atoms with Crippen LogP contribution in [-0.4, -0.2) is 25.5 Å². The van der Waals surface area contributed by atoms with Crippen molar-refractivity contribution in [3.63, 3.8) is 0 Å². The second-order valence-corrected chi connectivity index (χ2v) is 6.26. The van der Waals surface area contributed by atoms with Crippen molar-refractivity contribution in [2.45, 2.75) is 58.3 Å². The fourth-order valence-corrected chi connectivity index (χ4v) is 3.10. The lowest BCUT2D eigenvalue weighted by atomic mass is 9.93. The topological polar surface area (TPSA) is 41.1 Å². The molecule has 1 amide bonds. The van der Waals surface area contributed by atoms with Gasteiger partial charge in [-0.15, -0.1) is 0 Å². The largest absolute Gasteiger partial charge is 0.356 e. The summed E-state index contributed by atoms with van der Waals surface area (Å²) in [6, 6.07) is 0. The van der Waals surface area contributed by atoms with Gasteiger partial charge in [0.25, 0.3) is 0 Å². The third kappa shape index (κ3) is 4.27. The van der Waals surface area contributed by atoms with Gasteiger partial charge in [-0.05, 0) is 62.9 Å². The minimum atomic E-state index is 0.274. The molecule has 3 heteroatoms. The maximum atomic E-state index is 11.8. The van der Waals surface area contributed by atoms with Gasteiger partial charge in [0.05, 0.1) is 0 Å². The van der Waals surface area contributed by atoms with Crippen LogP contribution in [0.4, 0.5) is 0 Å². The number of carbonyl (C=O) groups excluding carboxylic acids is 1. The highest BCUT2D eigenvalue weighted by Crippen LogP contribution is 2.48. The highest BCUT2D eigenvalue weighted by atomic mass is 16.1. The van der Waals surface area contributed by atoms with Crippen LogP contribution in [0.1, 0.15) is 58.3 Å². The first-order valence-electron chi connectivity index (χ1n) is 7.71. The van der Waals surface area contributed by atoms with Crippen LogP contribution in [0.15, 0.2) is 0 Å². The van der Waals surface area contributed by atoms with Crippen LogP contribution < -0.4 is 10.6 Å². The summed E-state index contributed by atoms with van der Waals surface area (Å²) in [7, 11) is 0. The molecule has 0 atom stereocenters. The Bertz CT molecular complexity index is 268. The van der Waals surface area contributed by atoms with E-state index in [2.05, 4.69) is 17.6 Å². The van der Waals surface area contributed by atoms with Crippen LogP contribution in [0.5, 0.6) is 0 Å². The van der Waals surface area contributed by atoms with Gasteiger partial charge in [0.2, 0.25) is 5.91 Å². The Morgan fingerprint density at radius 2 is 2.06 bits per heavy atom. The van der Waals surface area contributed by atoms with E-state index >= 15 is 0 Å². The Kier molecular flexibility index (Phi) is 5.04. The molecule has 2 fully saturated rings. The molecule has 1 saturated heterocycles. The molecule has 18 heavy (non-hydrogen) atoms. The van der Waals surface area contributed by atoms with Gasteiger partial charge >= 0.3 is 0 Å². The van der Waals surface area contributed by atoms with Crippen LogP contribution >= 0.6 is 0 Å². The molecule has 0 aromatic rings. The van der Waals surface area contributed by atoms with Crippen LogP contribution in [0.25, 0.3) is 0 Å². The summed E-state index contributed by atoms with van der Waals surface area (Å²) in [5, 5.41) is 6.52. The average Bonchev–Trinajstić information content (AvgIpc) is 3.16. The van der Waals surface area contributed by atoms with E-state index in [0.717, 1.165) is 38.4 Å². The normalized spacial score (nSPS) is 22.7. The zero-order valence-corrected chi connectivity index (χ0v) is 11.8. The molecule has 2 rings (SSSR count). The number of hydrogen-bond donors (Lipinski definition) is 2. The minimum absolute atomic E-state index is 0.274. The zero-order valence-electron chi connectivity index (χ0n) is 11.8. The number of amides is 1. The van der Waals surface area contributed by atoms with E-state index in [-0.39, 0.29) is 5.91 Å². The minimum Gasteiger partial charge on any atom is -0.356 e. The van der Waals surface area contributed by atoms with E-state index in [1.54, 1.807) is 0 Å². The third-order valence-electron chi connectivity index (χ3n) is 4.64. The summed E-state index contributed by atoms with van der Waals surface area (Å²) in [5.74, 6) is 1.04. The molecular formula is C15H28N2O. The van der Waals surface area contributed by atoms with Crippen molar-refractivity contribution < 1.29 is 4.79 Å². The van der Waals surface area contributed by atoms with E-state index in [1.165, 1.54) is 38.5 Å². The van der Waals surface area contributed by atoms with Crippen molar-refractivity contribution in [1.29, 1.82) is 0 Å². The van der Waals surface area contributed by atoms with Crippen LogP contribution in [0.3, 0.4) is 0 Å². The van der Waals surface area contributed by atoms with Gasteiger partial charge in [0.1, 0.15) is 0 Å². The van der Waals surface area contributed by atoms with E-state index in [4.69, 9.17) is 0 Å². The van der Waals surface area contributed by atoms with Gasteiger partial charge in [0.15, 0.2) is 0 Å². The first kappa shape index (κ1) is 13.9. The molecular weight excluding hydrogens is 224 g/mol. The maximum Gasteiger partial charge on any atom is 0.220 e. The predicted octanol–water partition coefficient (Wildman–Crippen LogP) is 2.46. The van der Waals surface area contributed by atoms with Gasteiger partial charge in [-0.1, -0.05) is 13.3 Å². The summed E-state index contributed by atoms with van der Waals surface area (Å²) < 4.78 is 0. The van der Waals surface area contributed by atoms with E-state index in [0.29, 0.717) is 5.41 Å². The summed E-state index contributed by atoms with van der Waals surface area (Å²) >= 11 is 0. The van der Waals surface area contributed by atoms with Crippen molar-refractivity contribution in [2.24, 2.45) is 11.3 Å². The van der Waals surface area contributed by atoms with Crippen molar-refractivity contribution in [2.75, 3.05) is 19.6 Å². The van der Waals surface area contributed by atoms with Gasteiger partial charge in [-0.2, -0.15) is 0 Å². The molecule has 1 saturated carbocycles. The first-order valence-corrected chi connectivity index (χ1v) is 7.71. The molecule has 2 N–H and O–H groups in total. The lowest BCUT2D eigenvalue weighted by Gasteiger charge is -2.22. The van der Waals surface area contributed by atoms with Gasteiger partial charge in [0, 0.05) is 13.0 Å². The van der Waals surface area contributed by atoms with Crippen molar-refractivity contribution in [3.8, 4) is 0 Å². The summed E-state index contributed by atoms with van der Waals surface area (Å²) in [5.41, 5.74) is 0.485. The number of carbonyl (C=O) groups is 1. The van der Waals surface area contributed by atoms with Crippen molar-refractivity contribution in [3.05, 3.63) is 0 Å². The highest BCUT2D eigenvalue weighted by molar-refractivity contribution is 5.75. The average molecular weight is 252 g/mol. The SMILES string of the molecule is CCCC1(CNC(=O)CCC2CCNCC2)CC1. The molecule has 1 aliphatic carbocycles. The Morgan fingerprint density at radius 1 is 1.33 bits per heavy atom. The van der Waals surface area contributed by atoms with E-state index < -0.39 is 0 Å².